The lowest BCUT2D eigenvalue weighted by molar-refractivity contribution is 0.108. The lowest BCUT2D eigenvalue weighted by Gasteiger charge is -2.35. The van der Waals surface area contributed by atoms with Crippen LogP contribution < -0.4 is 19.7 Å². The summed E-state index contributed by atoms with van der Waals surface area (Å²) in [5.74, 6) is -1.62. The molecule has 6 heterocycles. The molecule has 4 aliphatic heterocycles. The fraction of sp³-hybridized carbons (Fsp3) is 0.406. The van der Waals surface area contributed by atoms with Crippen LogP contribution in [-0.2, 0) is 0 Å². The van der Waals surface area contributed by atoms with Gasteiger partial charge >= 0.3 is 6.01 Å². The number of benzene rings is 2. The number of aromatic hydroxyl groups is 1. The average Bonchev–Trinajstić information content (AvgIpc) is 3.57. The first-order valence-electron chi connectivity index (χ1n) is 15.2. The Morgan fingerprint density at radius 3 is 2.71 bits per heavy atom. The van der Waals surface area contributed by atoms with Gasteiger partial charge in [0, 0.05) is 42.2 Å². The van der Waals surface area contributed by atoms with Crippen LogP contribution in [0.25, 0.3) is 39.0 Å². The van der Waals surface area contributed by atoms with Crippen LogP contribution in [0.2, 0.25) is 0 Å². The molecule has 9 nitrogen and oxygen atoms in total. The van der Waals surface area contributed by atoms with Crippen LogP contribution in [0.1, 0.15) is 31.2 Å². The minimum absolute atomic E-state index is 0.0155. The number of hydrogen-bond acceptors (Lipinski definition) is 9. The number of phenols is 1. The van der Waals surface area contributed by atoms with Crippen LogP contribution in [0.5, 0.6) is 17.6 Å². The minimum atomic E-state index is -2.13. The Balaban J connectivity index is 1.35. The average molecular weight is 623 g/mol. The largest absolute Gasteiger partial charge is 0.508 e. The number of nitrogens with zero attached hydrogens (tertiary/aromatic N) is 5. The maximum atomic E-state index is 16.9. The standard InChI is InChI=1S/C32H30F4N6O3/c33-22-4-3-17-11-19(43)12-21(24(17)20(22)13-23(34)35)27-26(36)28-25-29(42-10-7-37-14-18(42)15-44-30(25)38-27)40-31(39-28)45-16-32-5-1-8-41(32)9-2-6-32/h3-4,11-13,18,37,43H,1-2,5-10,14-16H2/t18-/m0/s1. The highest BCUT2D eigenvalue weighted by Crippen LogP contribution is 2.44. The Kier molecular flexibility index (Phi) is 6.71. The molecule has 13 heteroatoms. The molecule has 234 valence electrons. The van der Waals surface area contributed by atoms with Crippen molar-refractivity contribution in [2.45, 2.75) is 37.3 Å². The first kappa shape index (κ1) is 28.3. The van der Waals surface area contributed by atoms with Crippen LogP contribution in [0.3, 0.4) is 0 Å². The van der Waals surface area contributed by atoms with Crippen molar-refractivity contribution in [3.05, 3.63) is 47.5 Å². The van der Waals surface area contributed by atoms with E-state index in [1.165, 1.54) is 18.2 Å². The van der Waals surface area contributed by atoms with Crippen molar-refractivity contribution in [3.63, 3.8) is 0 Å². The molecule has 3 saturated heterocycles. The molecule has 2 N–H and O–H groups in total. The Hall–Kier alpha value is -4.23. The smallest absolute Gasteiger partial charge is 0.319 e. The van der Waals surface area contributed by atoms with E-state index in [2.05, 4.69) is 20.2 Å². The second kappa shape index (κ2) is 10.7. The van der Waals surface area contributed by atoms with Gasteiger partial charge in [-0.05, 0) is 62.4 Å². The number of fused-ring (bicyclic) bond motifs is 4. The number of anilines is 1. The molecule has 0 aliphatic carbocycles. The number of piperazine rings is 1. The van der Waals surface area contributed by atoms with E-state index in [-0.39, 0.29) is 68.8 Å². The van der Waals surface area contributed by atoms with E-state index in [4.69, 9.17) is 14.5 Å². The fourth-order valence-corrected chi connectivity index (χ4v) is 7.57. The second-order valence-electron chi connectivity index (χ2n) is 12.2. The van der Waals surface area contributed by atoms with Crippen molar-refractivity contribution in [2.75, 3.05) is 50.8 Å². The number of nitrogens with one attached hydrogen (secondary N) is 1. The molecule has 0 radical (unpaired) electrons. The van der Waals surface area contributed by atoms with Crippen LogP contribution in [0.15, 0.2) is 30.3 Å². The lowest BCUT2D eigenvalue weighted by Crippen LogP contribution is -2.53. The van der Waals surface area contributed by atoms with Crippen LogP contribution in [-0.4, -0.2) is 82.5 Å². The number of halogens is 4. The Labute approximate surface area is 255 Å². The summed E-state index contributed by atoms with van der Waals surface area (Å²) in [6.07, 6.45) is 2.43. The zero-order chi connectivity index (χ0) is 30.9. The summed E-state index contributed by atoms with van der Waals surface area (Å²) < 4.78 is 71.3. The number of pyridine rings is 1. The Morgan fingerprint density at radius 2 is 1.91 bits per heavy atom. The normalized spacial score (nSPS) is 20.5. The van der Waals surface area contributed by atoms with Gasteiger partial charge in [0.15, 0.2) is 5.82 Å². The molecule has 0 unspecified atom stereocenters. The van der Waals surface area contributed by atoms with Gasteiger partial charge < -0.3 is 24.8 Å². The monoisotopic (exact) mass is 622 g/mol. The lowest BCUT2D eigenvalue weighted by atomic mass is 9.95. The first-order valence-corrected chi connectivity index (χ1v) is 15.2. The quantitative estimate of drug-likeness (QED) is 0.290. The summed E-state index contributed by atoms with van der Waals surface area (Å²) in [4.78, 5) is 18.4. The van der Waals surface area contributed by atoms with Gasteiger partial charge in [-0.1, -0.05) is 6.07 Å². The molecule has 0 spiro atoms. The summed E-state index contributed by atoms with van der Waals surface area (Å²) in [5, 5.41) is 14.4. The van der Waals surface area contributed by atoms with Crippen molar-refractivity contribution in [2.24, 2.45) is 0 Å². The molecule has 4 aliphatic rings. The maximum Gasteiger partial charge on any atom is 0.319 e. The zero-order valence-electron chi connectivity index (χ0n) is 24.3. The number of hydrogen-bond donors (Lipinski definition) is 2. The zero-order valence-corrected chi connectivity index (χ0v) is 24.3. The molecular formula is C32H30F4N6O3. The summed E-state index contributed by atoms with van der Waals surface area (Å²) in [6, 6.07) is 4.70. The highest BCUT2D eigenvalue weighted by atomic mass is 19.3. The Morgan fingerprint density at radius 1 is 1.09 bits per heavy atom. The van der Waals surface area contributed by atoms with Gasteiger partial charge in [-0.3, -0.25) is 4.90 Å². The highest BCUT2D eigenvalue weighted by molar-refractivity contribution is 6.05. The first-order chi connectivity index (χ1) is 21.8. The summed E-state index contributed by atoms with van der Waals surface area (Å²) in [7, 11) is 0. The SMILES string of the molecule is Oc1cc(-c2nc3c4c(nc(OCC56CCCN5CCC6)nc4c2F)N2CCNC[C@H]2CO3)c2c(C=C(F)F)c(F)ccc2c1. The van der Waals surface area contributed by atoms with Crippen LogP contribution in [0, 0.1) is 11.6 Å². The predicted octanol–water partition coefficient (Wildman–Crippen LogP) is 5.24. The van der Waals surface area contributed by atoms with Crippen molar-refractivity contribution >= 4 is 33.6 Å². The van der Waals surface area contributed by atoms with Crippen LogP contribution in [0.4, 0.5) is 23.4 Å². The van der Waals surface area contributed by atoms with Crippen molar-refractivity contribution in [1.29, 1.82) is 0 Å². The summed E-state index contributed by atoms with van der Waals surface area (Å²) >= 11 is 0. The van der Waals surface area contributed by atoms with Gasteiger partial charge in [-0.15, -0.1) is 0 Å². The van der Waals surface area contributed by atoms with Crippen molar-refractivity contribution < 1.29 is 32.1 Å². The molecule has 4 aromatic rings. The van der Waals surface area contributed by atoms with E-state index in [9.17, 15) is 18.3 Å². The molecular weight excluding hydrogens is 592 g/mol. The molecule has 1 atom stereocenters. The third kappa shape index (κ3) is 4.62. The van der Waals surface area contributed by atoms with E-state index in [0.717, 1.165) is 44.8 Å². The van der Waals surface area contributed by atoms with Crippen LogP contribution >= 0.6 is 0 Å². The summed E-state index contributed by atoms with van der Waals surface area (Å²) in [5.41, 5.74) is -1.09. The third-order valence-corrected chi connectivity index (χ3v) is 9.63. The van der Waals surface area contributed by atoms with E-state index < -0.39 is 23.3 Å². The molecule has 8 rings (SSSR count). The molecule has 2 aromatic carbocycles. The molecule has 0 saturated carbocycles. The number of phenolic OH excluding ortho intramolecular Hbond substituents is 1. The second-order valence-corrected chi connectivity index (χ2v) is 12.2. The Bertz CT molecular complexity index is 1870. The fourth-order valence-electron chi connectivity index (χ4n) is 7.57. The topological polar surface area (TPSA) is 95.9 Å². The highest BCUT2D eigenvalue weighted by Gasteiger charge is 2.45. The molecule has 2 aromatic heterocycles. The number of aromatic nitrogens is 3. The maximum absolute atomic E-state index is 16.9. The van der Waals surface area contributed by atoms with Gasteiger partial charge in [0.05, 0.1) is 11.6 Å². The number of rotatable bonds is 5. The molecule has 0 amide bonds. The number of ether oxygens (including phenoxy) is 2. The van der Waals surface area contributed by atoms with E-state index in [0.29, 0.717) is 38.1 Å². The van der Waals surface area contributed by atoms with E-state index in [1.54, 1.807) is 0 Å². The summed E-state index contributed by atoms with van der Waals surface area (Å²) in [6.45, 7) is 4.48. The van der Waals surface area contributed by atoms with Gasteiger partial charge in [-0.2, -0.15) is 18.7 Å². The van der Waals surface area contributed by atoms with Gasteiger partial charge in [0.25, 0.3) is 6.08 Å². The van der Waals surface area contributed by atoms with E-state index >= 15 is 4.39 Å². The van der Waals surface area contributed by atoms with Crippen molar-refractivity contribution in [3.8, 4) is 28.9 Å². The minimum Gasteiger partial charge on any atom is -0.508 e. The van der Waals surface area contributed by atoms with Crippen molar-refractivity contribution in [1.82, 2.24) is 25.2 Å². The predicted molar refractivity (Wildman–Crippen MR) is 160 cm³/mol. The third-order valence-electron chi connectivity index (χ3n) is 9.63. The van der Waals surface area contributed by atoms with Gasteiger partial charge in [-0.25, -0.2) is 13.8 Å². The molecule has 0 bridgehead atoms. The van der Waals surface area contributed by atoms with Gasteiger partial charge in [0.1, 0.15) is 47.2 Å². The van der Waals surface area contributed by atoms with E-state index in [1.807, 2.05) is 4.90 Å². The molecule has 45 heavy (non-hydrogen) atoms. The molecule has 3 fully saturated rings. The van der Waals surface area contributed by atoms with Gasteiger partial charge in [0.2, 0.25) is 5.88 Å².